The quantitative estimate of drug-likeness (QED) is 0.739. The van der Waals surface area contributed by atoms with Gasteiger partial charge in [0.05, 0.1) is 40.4 Å². The van der Waals surface area contributed by atoms with Gasteiger partial charge in [0, 0.05) is 0 Å². The summed E-state index contributed by atoms with van der Waals surface area (Å²) < 4.78 is 6.16. The molecule has 3 aliphatic heterocycles. The van der Waals surface area contributed by atoms with Gasteiger partial charge in [-0.15, -0.1) is 0 Å². The molecule has 5 rings (SSSR count). The van der Waals surface area contributed by atoms with Crippen LogP contribution in [0.25, 0.3) is 0 Å². The Morgan fingerprint density at radius 2 is 1.68 bits per heavy atom. The van der Waals surface area contributed by atoms with Crippen LogP contribution in [-0.2, 0) is 27.2 Å². The van der Waals surface area contributed by atoms with Gasteiger partial charge in [-0.1, -0.05) is 0 Å². The molecule has 1 aromatic rings. The minimum atomic E-state index is -0.531. The van der Waals surface area contributed by atoms with E-state index in [1.54, 1.807) is 12.1 Å². The molecule has 3 saturated heterocycles. The number of fused-ring (bicyclic) bond motifs is 6. The number of amides is 2. The van der Waals surface area contributed by atoms with E-state index >= 15 is 0 Å². The number of benzene rings is 1. The van der Waals surface area contributed by atoms with Crippen molar-refractivity contribution in [2.75, 3.05) is 4.90 Å². The second-order valence-corrected chi connectivity index (χ2v) is 8.25. The SMILES string of the molecule is C[C@]12CC[C@](C)(O1)[C@@H]1C(=O)N(c3ccc(C#N)c4c3CCC4)C(=O)[C@@H]12. The average molecular weight is 336 g/mol. The number of rotatable bonds is 1. The molecule has 0 radical (unpaired) electrons. The minimum absolute atomic E-state index is 0.125. The van der Waals surface area contributed by atoms with Gasteiger partial charge in [-0.2, -0.15) is 5.26 Å². The summed E-state index contributed by atoms with van der Waals surface area (Å²) in [6.07, 6.45) is 4.26. The van der Waals surface area contributed by atoms with Gasteiger partial charge in [-0.25, -0.2) is 4.90 Å². The van der Waals surface area contributed by atoms with Crippen LogP contribution < -0.4 is 4.90 Å². The van der Waals surface area contributed by atoms with Gasteiger partial charge in [0.1, 0.15) is 0 Å². The lowest BCUT2D eigenvalue weighted by Gasteiger charge is -2.27. The van der Waals surface area contributed by atoms with Crippen LogP contribution in [-0.4, -0.2) is 23.0 Å². The summed E-state index contributed by atoms with van der Waals surface area (Å²) >= 11 is 0. The summed E-state index contributed by atoms with van der Waals surface area (Å²) in [5.74, 6) is -1.02. The van der Waals surface area contributed by atoms with Crippen molar-refractivity contribution in [2.45, 2.75) is 57.2 Å². The molecular weight excluding hydrogens is 316 g/mol. The van der Waals surface area contributed by atoms with Crippen LogP contribution in [0.4, 0.5) is 5.69 Å². The molecule has 0 unspecified atom stereocenters. The maximum Gasteiger partial charge on any atom is 0.240 e. The first kappa shape index (κ1) is 15.1. The van der Waals surface area contributed by atoms with Crippen molar-refractivity contribution < 1.29 is 14.3 Å². The van der Waals surface area contributed by atoms with E-state index in [1.165, 1.54) is 4.90 Å². The fraction of sp³-hybridized carbons (Fsp3) is 0.550. The van der Waals surface area contributed by atoms with Crippen molar-refractivity contribution in [3.8, 4) is 6.07 Å². The average Bonchev–Trinajstić information content (AvgIpc) is 3.28. The van der Waals surface area contributed by atoms with Crippen molar-refractivity contribution in [2.24, 2.45) is 11.8 Å². The van der Waals surface area contributed by atoms with Crippen LogP contribution in [0.2, 0.25) is 0 Å². The smallest absolute Gasteiger partial charge is 0.240 e. The summed E-state index contributed by atoms with van der Waals surface area (Å²) in [4.78, 5) is 27.9. The Hall–Kier alpha value is -2.19. The molecule has 2 amide bonds. The van der Waals surface area contributed by atoms with Crippen molar-refractivity contribution in [3.63, 3.8) is 0 Å². The first-order chi connectivity index (χ1) is 11.9. The van der Waals surface area contributed by atoms with Gasteiger partial charge in [-0.05, 0) is 69.2 Å². The van der Waals surface area contributed by atoms with E-state index in [9.17, 15) is 14.9 Å². The van der Waals surface area contributed by atoms with Gasteiger partial charge in [-0.3, -0.25) is 9.59 Å². The normalized spacial score (nSPS) is 38.2. The third-order valence-corrected chi connectivity index (χ3v) is 6.83. The van der Waals surface area contributed by atoms with E-state index in [0.29, 0.717) is 11.3 Å². The molecule has 4 aliphatic rings. The lowest BCUT2D eigenvalue weighted by Crippen LogP contribution is -2.40. The molecule has 5 nitrogen and oxygen atoms in total. The fourth-order valence-electron chi connectivity index (χ4n) is 5.71. The lowest BCUT2D eigenvalue weighted by atomic mass is 9.69. The van der Waals surface area contributed by atoms with Crippen LogP contribution >= 0.6 is 0 Å². The van der Waals surface area contributed by atoms with Crippen molar-refractivity contribution in [3.05, 3.63) is 28.8 Å². The molecule has 25 heavy (non-hydrogen) atoms. The molecular formula is C20H20N2O3. The molecule has 3 fully saturated rings. The van der Waals surface area contributed by atoms with Crippen LogP contribution in [0.3, 0.4) is 0 Å². The number of hydrogen-bond acceptors (Lipinski definition) is 4. The predicted molar refractivity (Wildman–Crippen MR) is 89.8 cm³/mol. The molecule has 1 aromatic carbocycles. The number of nitrogens with zero attached hydrogens (tertiary/aromatic N) is 2. The van der Waals surface area contributed by atoms with Gasteiger partial charge in [0.2, 0.25) is 11.8 Å². The number of anilines is 1. The zero-order valence-electron chi connectivity index (χ0n) is 14.5. The molecule has 4 atom stereocenters. The monoisotopic (exact) mass is 336 g/mol. The Bertz CT molecular complexity index is 852. The van der Waals surface area contributed by atoms with Crippen LogP contribution in [0.5, 0.6) is 0 Å². The summed E-state index contributed by atoms with van der Waals surface area (Å²) in [5.41, 5.74) is 2.31. The number of nitriles is 1. The zero-order chi connectivity index (χ0) is 17.6. The Labute approximate surface area is 146 Å². The van der Waals surface area contributed by atoms with Gasteiger partial charge in [0.25, 0.3) is 0 Å². The third kappa shape index (κ3) is 1.66. The third-order valence-electron chi connectivity index (χ3n) is 6.83. The number of imide groups is 1. The minimum Gasteiger partial charge on any atom is -0.367 e. The van der Waals surface area contributed by atoms with E-state index in [4.69, 9.17) is 4.74 Å². The number of ether oxygens (including phenoxy) is 1. The second-order valence-electron chi connectivity index (χ2n) is 8.25. The fourth-order valence-corrected chi connectivity index (χ4v) is 5.71. The highest BCUT2D eigenvalue weighted by Crippen LogP contribution is 2.61. The first-order valence-corrected chi connectivity index (χ1v) is 9.02. The largest absolute Gasteiger partial charge is 0.367 e. The summed E-state index contributed by atoms with van der Waals surface area (Å²) in [5, 5.41) is 9.32. The Morgan fingerprint density at radius 3 is 2.28 bits per heavy atom. The summed E-state index contributed by atoms with van der Waals surface area (Å²) in [6, 6.07) is 5.77. The molecule has 3 heterocycles. The standard InChI is InChI=1S/C20H20N2O3/c1-19-8-9-20(2,25-19)16-15(19)17(23)22(18(16)24)14-7-6-11(10-21)12-4-3-5-13(12)14/h6-7,15-16H,3-5,8-9H2,1-2H3/t15-,16+,19-,20+. The number of carbonyl (C=O) groups is 2. The van der Waals surface area contributed by atoms with Gasteiger partial charge >= 0.3 is 0 Å². The Kier molecular flexibility index (Phi) is 2.72. The van der Waals surface area contributed by atoms with E-state index in [2.05, 4.69) is 6.07 Å². The number of hydrogen-bond donors (Lipinski definition) is 0. The molecule has 0 saturated carbocycles. The lowest BCUT2D eigenvalue weighted by molar-refractivity contribution is -0.129. The predicted octanol–water partition coefficient (Wildman–Crippen LogP) is 2.49. The summed E-state index contributed by atoms with van der Waals surface area (Å²) in [6.45, 7) is 3.95. The topological polar surface area (TPSA) is 70.4 Å². The molecule has 128 valence electrons. The van der Waals surface area contributed by atoms with Crippen LogP contribution in [0.1, 0.15) is 49.8 Å². The van der Waals surface area contributed by atoms with Crippen molar-refractivity contribution in [1.82, 2.24) is 0 Å². The molecule has 0 N–H and O–H groups in total. The Morgan fingerprint density at radius 1 is 1.08 bits per heavy atom. The van der Waals surface area contributed by atoms with Crippen molar-refractivity contribution in [1.29, 1.82) is 5.26 Å². The van der Waals surface area contributed by atoms with Gasteiger partial charge in [0.15, 0.2) is 0 Å². The molecule has 2 bridgehead atoms. The molecule has 0 aromatic heterocycles. The Balaban J connectivity index is 1.64. The van der Waals surface area contributed by atoms with E-state index in [0.717, 1.165) is 43.2 Å². The molecule has 1 aliphatic carbocycles. The molecule has 5 heteroatoms. The highest BCUT2D eigenvalue weighted by atomic mass is 16.5. The summed E-state index contributed by atoms with van der Waals surface area (Å²) in [7, 11) is 0. The zero-order valence-corrected chi connectivity index (χ0v) is 14.5. The maximum absolute atomic E-state index is 13.2. The second kappa shape index (κ2) is 4.50. The highest BCUT2D eigenvalue weighted by molar-refractivity contribution is 6.23. The highest BCUT2D eigenvalue weighted by Gasteiger charge is 2.72. The van der Waals surface area contributed by atoms with Crippen molar-refractivity contribution >= 4 is 17.5 Å². The van der Waals surface area contributed by atoms with E-state index in [-0.39, 0.29) is 23.7 Å². The maximum atomic E-state index is 13.2. The molecule has 0 spiro atoms. The van der Waals surface area contributed by atoms with Crippen LogP contribution in [0, 0.1) is 23.2 Å². The van der Waals surface area contributed by atoms with Gasteiger partial charge < -0.3 is 4.74 Å². The first-order valence-electron chi connectivity index (χ1n) is 9.02. The van der Waals surface area contributed by atoms with E-state index in [1.807, 2.05) is 13.8 Å². The van der Waals surface area contributed by atoms with E-state index < -0.39 is 11.2 Å². The number of carbonyl (C=O) groups excluding carboxylic acids is 2. The van der Waals surface area contributed by atoms with Crippen LogP contribution in [0.15, 0.2) is 12.1 Å².